The normalized spacial score (nSPS) is 17.9. The third-order valence-electron chi connectivity index (χ3n) is 4.25. The van der Waals surface area contributed by atoms with E-state index in [1.807, 2.05) is 23.6 Å². The van der Waals surface area contributed by atoms with Crippen LogP contribution < -0.4 is 10.2 Å². The Morgan fingerprint density at radius 3 is 2.71 bits per heavy atom. The van der Waals surface area contributed by atoms with Gasteiger partial charge in [0.1, 0.15) is 5.82 Å². The summed E-state index contributed by atoms with van der Waals surface area (Å²) in [6, 6.07) is 9.42. The van der Waals surface area contributed by atoms with Crippen LogP contribution in [0, 0.1) is 6.92 Å². The zero-order valence-corrected chi connectivity index (χ0v) is 13.6. The fourth-order valence-electron chi connectivity index (χ4n) is 3.07. The van der Waals surface area contributed by atoms with Crippen molar-refractivity contribution in [3.8, 4) is 0 Å². The van der Waals surface area contributed by atoms with E-state index in [1.165, 1.54) is 23.3 Å². The number of hydrogen-bond donors (Lipinski definition) is 1. The molecule has 0 saturated carbocycles. The van der Waals surface area contributed by atoms with Gasteiger partial charge in [-0.05, 0) is 55.8 Å². The summed E-state index contributed by atoms with van der Waals surface area (Å²) >= 11 is 1.86. The number of aryl methyl sites for hydroxylation is 1. The van der Waals surface area contributed by atoms with Crippen molar-refractivity contribution < 1.29 is 0 Å². The van der Waals surface area contributed by atoms with Gasteiger partial charge in [0.2, 0.25) is 0 Å². The average Bonchev–Trinajstić information content (AvgIpc) is 2.95. The second kappa shape index (κ2) is 6.58. The van der Waals surface area contributed by atoms with Crippen molar-refractivity contribution in [2.24, 2.45) is 0 Å². The minimum Gasteiger partial charge on any atom is -0.357 e. The lowest BCUT2D eigenvalue weighted by Crippen LogP contribution is -2.43. The molecule has 1 unspecified atom stereocenters. The molecule has 0 amide bonds. The lowest BCUT2D eigenvalue weighted by molar-refractivity contribution is 0.382. The summed E-state index contributed by atoms with van der Waals surface area (Å²) in [5.41, 5.74) is 1.41. The van der Waals surface area contributed by atoms with Crippen LogP contribution in [-0.4, -0.2) is 24.1 Å². The van der Waals surface area contributed by atoms with Gasteiger partial charge in [0.25, 0.3) is 0 Å². The summed E-state index contributed by atoms with van der Waals surface area (Å²) < 4.78 is 0. The Hall–Kier alpha value is -1.39. The van der Waals surface area contributed by atoms with Crippen LogP contribution in [0.4, 0.5) is 5.82 Å². The summed E-state index contributed by atoms with van der Waals surface area (Å²) in [6.07, 6.45) is 4.25. The molecular weight excluding hydrogens is 278 g/mol. The van der Waals surface area contributed by atoms with Crippen molar-refractivity contribution in [3.05, 3.63) is 46.3 Å². The fraction of sp³-hybridized carbons (Fsp3) is 0.471. The predicted octanol–water partition coefficient (Wildman–Crippen LogP) is 3.77. The van der Waals surface area contributed by atoms with Gasteiger partial charge in [0, 0.05) is 36.2 Å². The summed E-state index contributed by atoms with van der Waals surface area (Å²) in [5.74, 6) is 1.11. The van der Waals surface area contributed by atoms with Crippen LogP contribution in [0.15, 0.2) is 35.8 Å². The van der Waals surface area contributed by atoms with E-state index < -0.39 is 0 Å². The highest BCUT2D eigenvalue weighted by Gasteiger charge is 2.22. The first-order valence-corrected chi connectivity index (χ1v) is 8.58. The van der Waals surface area contributed by atoms with Gasteiger partial charge in [-0.2, -0.15) is 0 Å². The monoisotopic (exact) mass is 301 g/mol. The van der Waals surface area contributed by atoms with Crippen LogP contribution in [0.2, 0.25) is 0 Å². The molecule has 4 heteroatoms. The number of rotatable bonds is 4. The third kappa shape index (κ3) is 3.44. The molecule has 0 radical (unpaired) electrons. The summed E-state index contributed by atoms with van der Waals surface area (Å²) in [5, 5.41) is 5.98. The molecular formula is C17H23N3S. The van der Waals surface area contributed by atoms with Gasteiger partial charge in [-0.25, -0.2) is 4.98 Å². The first-order valence-electron chi connectivity index (χ1n) is 7.70. The van der Waals surface area contributed by atoms with Crippen LogP contribution >= 0.6 is 11.3 Å². The Kier molecular flexibility index (Phi) is 4.56. The SMILES string of the molecule is Cc1ccsc1C(C)NC1CCN(c2ccccn2)CC1. The van der Waals surface area contributed by atoms with E-state index in [9.17, 15) is 0 Å². The molecule has 2 aromatic rings. The predicted molar refractivity (Wildman–Crippen MR) is 90.1 cm³/mol. The van der Waals surface area contributed by atoms with E-state index >= 15 is 0 Å². The molecule has 0 spiro atoms. The molecule has 0 aliphatic carbocycles. The summed E-state index contributed by atoms with van der Waals surface area (Å²) in [7, 11) is 0. The standard InChI is InChI=1S/C17H23N3S/c1-13-8-12-21-17(13)14(2)19-15-6-10-20(11-7-15)16-5-3-4-9-18-16/h3-5,8-9,12,14-15,19H,6-7,10-11H2,1-2H3. The Morgan fingerprint density at radius 2 is 2.10 bits per heavy atom. The van der Waals surface area contributed by atoms with Crippen molar-refractivity contribution >= 4 is 17.2 Å². The number of hydrogen-bond acceptors (Lipinski definition) is 4. The molecule has 0 bridgehead atoms. The van der Waals surface area contributed by atoms with Crippen molar-refractivity contribution in [3.63, 3.8) is 0 Å². The second-order valence-corrected chi connectivity index (χ2v) is 6.75. The first kappa shape index (κ1) is 14.5. The van der Waals surface area contributed by atoms with Gasteiger partial charge in [0.15, 0.2) is 0 Å². The fourth-order valence-corrected chi connectivity index (χ4v) is 4.02. The van der Waals surface area contributed by atoms with Gasteiger partial charge in [-0.3, -0.25) is 0 Å². The molecule has 1 aliphatic heterocycles. The number of pyridine rings is 1. The number of aromatic nitrogens is 1. The highest BCUT2D eigenvalue weighted by molar-refractivity contribution is 7.10. The Morgan fingerprint density at radius 1 is 1.29 bits per heavy atom. The van der Waals surface area contributed by atoms with Crippen molar-refractivity contribution in [2.75, 3.05) is 18.0 Å². The molecule has 1 saturated heterocycles. The maximum atomic E-state index is 4.45. The zero-order valence-electron chi connectivity index (χ0n) is 12.7. The lowest BCUT2D eigenvalue weighted by Gasteiger charge is -2.34. The van der Waals surface area contributed by atoms with Crippen molar-refractivity contribution in [1.82, 2.24) is 10.3 Å². The molecule has 1 fully saturated rings. The van der Waals surface area contributed by atoms with Crippen LogP contribution in [-0.2, 0) is 0 Å². The van der Waals surface area contributed by atoms with Crippen LogP contribution in [0.3, 0.4) is 0 Å². The van der Waals surface area contributed by atoms with Gasteiger partial charge < -0.3 is 10.2 Å². The molecule has 3 rings (SSSR count). The van der Waals surface area contributed by atoms with E-state index in [1.54, 1.807) is 0 Å². The summed E-state index contributed by atoms with van der Waals surface area (Å²) in [6.45, 7) is 6.66. The van der Waals surface area contributed by atoms with Crippen LogP contribution in [0.25, 0.3) is 0 Å². The smallest absolute Gasteiger partial charge is 0.128 e. The second-order valence-electron chi connectivity index (χ2n) is 5.81. The number of nitrogens with one attached hydrogen (secondary N) is 1. The maximum Gasteiger partial charge on any atom is 0.128 e. The molecule has 1 aliphatic rings. The minimum absolute atomic E-state index is 0.455. The lowest BCUT2D eigenvalue weighted by atomic mass is 10.0. The highest BCUT2D eigenvalue weighted by atomic mass is 32.1. The van der Waals surface area contributed by atoms with Crippen molar-refractivity contribution in [1.29, 1.82) is 0 Å². The Balaban J connectivity index is 1.53. The van der Waals surface area contributed by atoms with E-state index in [-0.39, 0.29) is 0 Å². The molecule has 1 N–H and O–H groups in total. The maximum absolute atomic E-state index is 4.45. The molecule has 3 nitrogen and oxygen atoms in total. The van der Waals surface area contributed by atoms with Gasteiger partial charge in [-0.15, -0.1) is 11.3 Å². The largest absolute Gasteiger partial charge is 0.357 e. The molecule has 2 aromatic heterocycles. The molecule has 3 heterocycles. The van der Waals surface area contributed by atoms with Gasteiger partial charge in [0.05, 0.1) is 0 Å². The first-order chi connectivity index (χ1) is 10.2. The van der Waals surface area contributed by atoms with Crippen molar-refractivity contribution in [2.45, 2.75) is 38.8 Å². The molecule has 1 atom stereocenters. The number of anilines is 1. The van der Waals surface area contributed by atoms with E-state index in [0.717, 1.165) is 18.9 Å². The quantitative estimate of drug-likeness (QED) is 0.931. The van der Waals surface area contributed by atoms with E-state index in [0.29, 0.717) is 12.1 Å². The number of thiophene rings is 1. The zero-order chi connectivity index (χ0) is 14.7. The topological polar surface area (TPSA) is 28.2 Å². The molecule has 21 heavy (non-hydrogen) atoms. The third-order valence-corrected chi connectivity index (χ3v) is 5.45. The molecule has 112 valence electrons. The number of nitrogens with zero attached hydrogens (tertiary/aromatic N) is 2. The van der Waals surface area contributed by atoms with Crippen LogP contribution in [0.5, 0.6) is 0 Å². The minimum atomic E-state index is 0.455. The van der Waals surface area contributed by atoms with Gasteiger partial charge in [-0.1, -0.05) is 6.07 Å². The van der Waals surface area contributed by atoms with E-state index in [2.05, 4.69) is 52.6 Å². The summed E-state index contributed by atoms with van der Waals surface area (Å²) in [4.78, 5) is 8.31. The Labute approximate surface area is 131 Å². The van der Waals surface area contributed by atoms with Crippen LogP contribution in [0.1, 0.15) is 36.2 Å². The van der Waals surface area contributed by atoms with E-state index in [4.69, 9.17) is 0 Å². The molecule has 0 aromatic carbocycles. The van der Waals surface area contributed by atoms with Gasteiger partial charge >= 0.3 is 0 Å². The average molecular weight is 301 g/mol. The number of piperidine rings is 1. The highest BCUT2D eigenvalue weighted by Crippen LogP contribution is 2.25. The Bertz CT molecular complexity index is 558.